The van der Waals surface area contributed by atoms with Gasteiger partial charge in [-0.3, -0.25) is 5.10 Å². The van der Waals surface area contributed by atoms with Crippen molar-refractivity contribution in [2.75, 3.05) is 13.1 Å². The molecule has 3 rings (SSSR count). The monoisotopic (exact) mass is 341 g/mol. The molecule has 2 heterocycles. The van der Waals surface area contributed by atoms with Crippen LogP contribution in [0.25, 0.3) is 0 Å². The minimum absolute atomic E-state index is 0.0509. The van der Waals surface area contributed by atoms with Gasteiger partial charge in [-0.05, 0) is 38.2 Å². The van der Waals surface area contributed by atoms with E-state index in [1.54, 1.807) is 6.33 Å². The second-order valence-electron chi connectivity index (χ2n) is 6.88. The minimum atomic E-state index is 0.0509. The predicted octanol–water partition coefficient (Wildman–Crippen LogP) is 3.02. The number of aryl methyl sites for hydroxylation is 1. The van der Waals surface area contributed by atoms with E-state index in [4.69, 9.17) is 0 Å². The number of aromatic nitrogens is 3. The molecule has 6 nitrogen and oxygen atoms in total. The first-order valence-electron chi connectivity index (χ1n) is 9.12. The Bertz CT molecular complexity index is 660. The lowest BCUT2D eigenvalue weighted by Gasteiger charge is -2.32. The number of piperidine rings is 1. The summed E-state index contributed by atoms with van der Waals surface area (Å²) in [4.78, 5) is 18.7. The van der Waals surface area contributed by atoms with Gasteiger partial charge >= 0.3 is 6.03 Å². The average Bonchev–Trinajstić information content (AvgIpc) is 3.17. The lowest BCUT2D eigenvalue weighted by molar-refractivity contribution is 0.176. The van der Waals surface area contributed by atoms with Crippen LogP contribution in [-0.4, -0.2) is 45.2 Å². The number of nitrogens with one attached hydrogen (secondary N) is 2. The molecule has 1 aliphatic rings. The van der Waals surface area contributed by atoms with Crippen LogP contribution < -0.4 is 5.32 Å². The van der Waals surface area contributed by atoms with Gasteiger partial charge in [-0.2, -0.15) is 5.10 Å². The van der Waals surface area contributed by atoms with E-state index in [0.717, 1.165) is 44.6 Å². The third kappa shape index (κ3) is 4.59. The first-order valence-corrected chi connectivity index (χ1v) is 9.12. The highest BCUT2D eigenvalue weighted by atomic mass is 16.2. The van der Waals surface area contributed by atoms with Crippen LogP contribution in [0.4, 0.5) is 4.79 Å². The highest BCUT2D eigenvalue weighted by Crippen LogP contribution is 2.25. The van der Waals surface area contributed by atoms with Gasteiger partial charge in [0.15, 0.2) is 0 Å². The van der Waals surface area contributed by atoms with Crippen LogP contribution in [0.2, 0.25) is 0 Å². The van der Waals surface area contributed by atoms with Crippen LogP contribution in [0.15, 0.2) is 30.6 Å². The molecule has 25 heavy (non-hydrogen) atoms. The molecule has 1 atom stereocenters. The molecular formula is C19H27N5O. The molecule has 0 spiro atoms. The van der Waals surface area contributed by atoms with E-state index in [1.165, 1.54) is 11.1 Å². The van der Waals surface area contributed by atoms with Crippen LogP contribution in [0.3, 0.4) is 0 Å². The van der Waals surface area contributed by atoms with Gasteiger partial charge in [0, 0.05) is 25.0 Å². The number of hydrogen-bond donors (Lipinski definition) is 2. The molecule has 0 radical (unpaired) electrons. The number of benzene rings is 1. The molecule has 1 aromatic carbocycles. The zero-order valence-electron chi connectivity index (χ0n) is 15.0. The number of urea groups is 1. The van der Waals surface area contributed by atoms with Crippen LogP contribution in [-0.2, 0) is 6.42 Å². The van der Waals surface area contributed by atoms with E-state index in [9.17, 15) is 4.79 Å². The van der Waals surface area contributed by atoms with Crippen LogP contribution in [0, 0.1) is 6.92 Å². The van der Waals surface area contributed by atoms with E-state index in [2.05, 4.69) is 58.6 Å². The van der Waals surface area contributed by atoms with Crippen molar-refractivity contribution in [2.24, 2.45) is 0 Å². The third-order valence-electron chi connectivity index (χ3n) is 5.03. The standard InChI is InChI=1S/C19H27N5O/c1-3-17(12-15-6-4-14(2)5-7-15)22-19(25)24-10-8-16(9-11-24)18-20-13-21-23-18/h4-7,13,16-17H,3,8-12H2,1-2H3,(H,22,25)(H,20,21,23). The number of rotatable bonds is 5. The first-order chi connectivity index (χ1) is 12.2. The maximum absolute atomic E-state index is 12.6. The van der Waals surface area contributed by atoms with Gasteiger partial charge in [-0.25, -0.2) is 9.78 Å². The smallest absolute Gasteiger partial charge is 0.317 e. The number of carbonyl (C=O) groups is 1. The van der Waals surface area contributed by atoms with Crippen molar-refractivity contribution in [1.82, 2.24) is 25.4 Å². The number of amides is 2. The largest absolute Gasteiger partial charge is 0.335 e. The summed E-state index contributed by atoms with van der Waals surface area (Å²) >= 11 is 0. The van der Waals surface area contributed by atoms with Gasteiger partial charge in [0.2, 0.25) is 0 Å². The Labute approximate surface area is 149 Å². The summed E-state index contributed by atoms with van der Waals surface area (Å²) in [7, 11) is 0. The number of aromatic amines is 1. The van der Waals surface area contributed by atoms with E-state index in [1.807, 2.05) is 4.90 Å². The second kappa shape index (κ2) is 8.14. The summed E-state index contributed by atoms with van der Waals surface area (Å²) < 4.78 is 0. The summed E-state index contributed by atoms with van der Waals surface area (Å²) in [5, 5.41) is 10.1. The first kappa shape index (κ1) is 17.5. The number of nitrogens with zero attached hydrogens (tertiary/aromatic N) is 3. The number of hydrogen-bond acceptors (Lipinski definition) is 3. The van der Waals surface area contributed by atoms with E-state index in [0.29, 0.717) is 5.92 Å². The predicted molar refractivity (Wildman–Crippen MR) is 97.4 cm³/mol. The quantitative estimate of drug-likeness (QED) is 0.878. The van der Waals surface area contributed by atoms with Gasteiger partial charge in [-0.1, -0.05) is 36.8 Å². The highest BCUT2D eigenvalue weighted by Gasteiger charge is 2.26. The van der Waals surface area contributed by atoms with Crippen LogP contribution in [0.5, 0.6) is 0 Å². The molecule has 1 unspecified atom stereocenters. The van der Waals surface area contributed by atoms with Gasteiger partial charge in [0.25, 0.3) is 0 Å². The molecule has 0 saturated carbocycles. The van der Waals surface area contributed by atoms with Crippen LogP contribution >= 0.6 is 0 Å². The molecule has 134 valence electrons. The van der Waals surface area contributed by atoms with Crippen LogP contribution in [0.1, 0.15) is 49.1 Å². The fourth-order valence-corrected chi connectivity index (χ4v) is 3.34. The summed E-state index contributed by atoms with van der Waals surface area (Å²) in [5.74, 6) is 1.31. The Morgan fingerprint density at radius 2 is 2.04 bits per heavy atom. The number of H-pyrrole nitrogens is 1. The second-order valence-corrected chi connectivity index (χ2v) is 6.88. The van der Waals surface area contributed by atoms with Gasteiger partial charge in [0.1, 0.15) is 12.2 Å². The van der Waals surface area contributed by atoms with Gasteiger partial charge in [-0.15, -0.1) is 0 Å². The summed E-state index contributed by atoms with van der Waals surface area (Å²) in [5.41, 5.74) is 2.53. The zero-order chi connectivity index (χ0) is 17.6. The SMILES string of the molecule is CCC(Cc1ccc(C)cc1)NC(=O)N1CCC(c2ncn[nH]2)CC1. The minimum Gasteiger partial charge on any atom is -0.335 e. The van der Waals surface area contributed by atoms with Crippen molar-refractivity contribution in [3.8, 4) is 0 Å². The Kier molecular flexibility index (Phi) is 5.68. The molecular weight excluding hydrogens is 314 g/mol. The summed E-state index contributed by atoms with van der Waals surface area (Å²) in [6.07, 6.45) is 5.20. The fourth-order valence-electron chi connectivity index (χ4n) is 3.34. The fraction of sp³-hybridized carbons (Fsp3) is 0.526. The normalized spacial score (nSPS) is 16.6. The Morgan fingerprint density at radius 3 is 2.64 bits per heavy atom. The molecule has 1 aliphatic heterocycles. The summed E-state index contributed by atoms with van der Waals surface area (Å²) in [6.45, 7) is 5.73. The van der Waals surface area contributed by atoms with E-state index >= 15 is 0 Å². The average molecular weight is 341 g/mol. The molecule has 1 fully saturated rings. The molecule has 2 amide bonds. The third-order valence-corrected chi connectivity index (χ3v) is 5.03. The van der Waals surface area contributed by atoms with Gasteiger partial charge in [0.05, 0.1) is 0 Å². The van der Waals surface area contributed by atoms with Crippen molar-refractivity contribution < 1.29 is 4.79 Å². The Balaban J connectivity index is 1.50. The number of likely N-dealkylation sites (tertiary alicyclic amines) is 1. The van der Waals surface area contributed by atoms with Crippen molar-refractivity contribution in [3.63, 3.8) is 0 Å². The van der Waals surface area contributed by atoms with E-state index in [-0.39, 0.29) is 12.1 Å². The molecule has 1 saturated heterocycles. The Hall–Kier alpha value is -2.37. The van der Waals surface area contributed by atoms with E-state index < -0.39 is 0 Å². The zero-order valence-corrected chi connectivity index (χ0v) is 15.0. The maximum Gasteiger partial charge on any atom is 0.317 e. The Morgan fingerprint density at radius 1 is 1.32 bits per heavy atom. The molecule has 2 N–H and O–H groups in total. The lowest BCUT2D eigenvalue weighted by atomic mass is 9.96. The van der Waals surface area contributed by atoms with Crippen molar-refractivity contribution in [2.45, 2.75) is 51.5 Å². The molecule has 6 heteroatoms. The van der Waals surface area contributed by atoms with Gasteiger partial charge < -0.3 is 10.2 Å². The lowest BCUT2D eigenvalue weighted by Crippen LogP contribution is -2.48. The van der Waals surface area contributed by atoms with Crippen molar-refractivity contribution in [1.29, 1.82) is 0 Å². The molecule has 1 aromatic heterocycles. The molecule has 0 aliphatic carbocycles. The molecule has 0 bridgehead atoms. The van der Waals surface area contributed by atoms with Crippen molar-refractivity contribution >= 4 is 6.03 Å². The van der Waals surface area contributed by atoms with Crippen molar-refractivity contribution in [3.05, 3.63) is 47.5 Å². The highest BCUT2D eigenvalue weighted by molar-refractivity contribution is 5.74. The molecule has 2 aromatic rings. The number of carbonyl (C=O) groups excluding carboxylic acids is 1. The summed E-state index contributed by atoms with van der Waals surface area (Å²) in [6, 6.07) is 8.76. The topological polar surface area (TPSA) is 73.9 Å². The maximum atomic E-state index is 12.6.